The molecular formula is C54H36N4. The molecule has 272 valence electrons. The van der Waals surface area contributed by atoms with Gasteiger partial charge in [0.15, 0.2) is 11.6 Å². The lowest BCUT2D eigenvalue weighted by Gasteiger charge is -2.25. The van der Waals surface area contributed by atoms with E-state index in [-0.39, 0.29) is 5.41 Å². The molecule has 0 bridgehead atoms. The highest BCUT2D eigenvalue weighted by Gasteiger charge is 2.38. The quantitative estimate of drug-likeness (QED) is 0.180. The standard InChI is InChI=1S/C54H36N4/c1-54(2)47-24-10-9-19-41(47)42-20-11-21-43(49(42)54)44-22-12-23-45-46-31-37-17-7-8-18-38(37)32-48(46)58(50(44)45)53-56-51(39-27-25-33-13-3-5-15-35(33)29-39)55-52(57-53)40-28-26-34-14-4-6-16-36(34)30-40/h3-32H,1-2H3. The minimum Gasteiger partial charge on any atom is -0.277 e. The summed E-state index contributed by atoms with van der Waals surface area (Å²) < 4.78 is 2.30. The normalized spacial score (nSPS) is 13.1. The van der Waals surface area contributed by atoms with E-state index < -0.39 is 0 Å². The van der Waals surface area contributed by atoms with Gasteiger partial charge in [0, 0.05) is 32.9 Å². The van der Waals surface area contributed by atoms with Crippen LogP contribution in [0.15, 0.2) is 182 Å². The van der Waals surface area contributed by atoms with E-state index in [4.69, 9.17) is 15.0 Å². The fraction of sp³-hybridized carbons (Fsp3) is 0.0556. The summed E-state index contributed by atoms with van der Waals surface area (Å²) in [4.78, 5) is 16.1. The van der Waals surface area contributed by atoms with Gasteiger partial charge in [0.1, 0.15) is 0 Å². The van der Waals surface area contributed by atoms with E-state index in [9.17, 15) is 0 Å². The maximum atomic E-state index is 5.43. The highest BCUT2D eigenvalue weighted by Crippen LogP contribution is 2.53. The lowest BCUT2D eigenvalue weighted by Crippen LogP contribution is -2.16. The molecule has 0 atom stereocenters. The second-order valence-electron chi connectivity index (χ2n) is 16.1. The summed E-state index contributed by atoms with van der Waals surface area (Å²) in [7, 11) is 0. The second-order valence-corrected chi connectivity index (χ2v) is 16.1. The van der Waals surface area contributed by atoms with E-state index in [1.165, 1.54) is 44.0 Å². The second kappa shape index (κ2) is 12.3. The van der Waals surface area contributed by atoms with Gasteiger partial charge in [-0.2, -0.15) is 9.97 Å². The molecule has 9 aromatic carbocycles. The Labute approximate surface area is 335 Å². The zero-order valence-corrected chi connectivity index (χ0v) is 32.1. The molecule has 2 aromatic heterocycles. The van der Waals surface area contributed by atoms with Gasteiger partial charge in [-0.3, -0.25) is 4.57 Å². The molecule has 0 unspecified atom stereocenters. The van der Waals surface area contributed by atoms with Crippen LogP contribution in [-0.2, 0) is 5.41 Å². The van der Waals surface area contributed by atoms with Crippen molar-refractivity contribution in [2.75, 3.05) is 0 Å². The Balaban J connectivity index is 1.20. The van der Waals surface area contributed by atoms with Crippen molar-refractivity contribution in [3.05, 3.63) is 193 Å². The first-order valence-corrected chi connectivity index (χ1v) is 19.9. The molecule has 11 aromatic rings. The third kappa shape index (κ3) is 4.85. The van der Waals surface area contributed by atoms with Crippen LogP contribution in [0, 0.1) is 0 Å². The summed E-state index contributed by atoms with van der Waals surface area (Å²) in [5.74, 6) is 1.84. The van der Waals surface area contributed by atoms with Gasteiger partial charge < -0.3 is 0 Å². The average Bonchev–Trinajstić information content (AvgIpc) is 3.72. The molecular weight excluding hydrogens is 705 g/mol. The molecule has 58 heavy (non-hydrogen) atoms. The first-order valence-electron chi connectivity index (χ1n) is 19.9. The van der Waals surface area contributed by atoms with Crippen molar-refractivity contribution in [1.29, 1.82) is 0 Å². The van der Waals surface area contributed by atoms with Gasteiger partial charge in [0.2, 0.25) is 5.95 Å². The minimum atomic E-state index is -0.199. The van der Waals surface area contributed by atoms with Crippen LogP contribution >= 0.6 is 0 Å². The summed E-state index contributed by atoms with van der Waals surface area (Å²) in [5, 5.41) is 9.30. The van der Waals surface area contributed by atoms with Crippen molar-refractivity contribution < 1.29 is 0 Å². The van der Waals surface area contributed by atoms with Crippen LogP contribution in [0.1, 0.15) is 25.0 Å². The van der Waals surface area contributed by atoms with E-state index in [1.807, 2.05) is 0 Å². The number of aromatic nitrogens is 4. The molecule has 0 radical (unpaired) electrons. The van der Waals surface area contributed by atoms with Crippen molar-refractivity contribution in [3.63, 3.8) is 0 Å². The lowest BCUT2D eigenvalue weighted by molar-refractivity contribution is 0.662. The fourth-order valence-electron chi connectivity index (χ4n) is 9.63. The van der Waals surface area contributed by atoms with E-state index in [2.05, 4.69) is 200 Å². The van der Waals surface area contributed by atoms with Gasteiger partial charge >= 0.3 is 0 Å². The van der Waals surface area contributed by atoms with Crippen LogP contribution in [0.25, 0.3) is 105 Å². The molecule has 0 fully saturated rings. The predicted octanol–water partition coefficient (Wildman–Crippen LogP) is 13.7. The minimum absolute atomic E-state index is 0.199. The zero-order chi connectivity index (χ0) is 38.5. The molecule has 4 heteroatoms. The smallest absolute Gasteiger partial charge is 0.238 e. The van der Waals surface area contributed by atoms with Crippen LogP contribution in [-0.4, -0.2) is 19.5 Å². The number of benzene rings is 9. The van der Waals surface area contributed by atoms with Gasteiger partial charge in [0.05, 0.1) is 11.0 Å². The van der Waals surface area contributed by atoms with Gasteiger partial charge in [0.25, 0.3) is 0 Å². The maximum absolute atomic E-state index is 5.43. The first kappa shape index (κ1) is 32.8. The van der Waals surface area contributed by atoms with Gasteiger partial charge in [-0.25, -0.2) is 4.98 Å². The highest BCUT2D eigenvalue weighted by atomic mass is 15.2. The number of nitrogens with zero attached hydrogens (tertiary/aromatic N) is 4. The zero-order valence-electron chi connectivity index (χ0n) is 32.1. The van der Waals surface area contributed by atoms with Crippen molar-refractivity contribution in [3.8, 4) is 51.0 Å². The Morgan fingerprint density at radius 2 is 0.897 bits per heavy atom. The van der Waals surface area contributed by atoms with E-state index in [0.29, 0.717) is 17.6 Å². The lowest BCUT2D eigenvalue weighted by atomic mass is 9.78. The van der Waals surface area contributed by atoms with Crippen molar-refractivity contribution >= 4 is 54.1 Å². The van der Waals surface area contributed by atoms with Gasteiger partial charge in [-0.15, -0.1) is 0 Å². The molecule has 1 aliphatic carbocycles. The van der Waals surface area contributed by atoms with Crippen LogP contribution in [0.5, 0.6) is 0 Å². The van der Waals surface area contributed by atoms with Gasteiger partial charge in [-0.05, 0) is 84.4 Å². The Hall–Kier alpha value is -7.43. The molecule has 0 saturated carbocycles. The summed E-state index contributed by atoms with van der Waals surface area (Å²) in [6.07, 6.45) is 0. The average molecular weight is 741 g/mol. The topological polar surface area (TPSA) is 43.6 Å². The number of para-hydroxylation sites is 1. The Morgan fingerprint density at radius 3 is 1.55 bits per heavy atom. The first-order chi connectivity index (χ1) is 28.5. The molecule has 12 rings (SSSR count). The van der Waals surface area contributed by atoms with Gasteiger partial charge in [-0.1, -0.05) is 172 Å². The summed E-state index contributed by atoms with van der Waals surface area (Å²) in [6, 6.07) is 65.5. The largest absolute Gasteiger partial charge is 0.277 e. The Morgan fingerprint density at radius 1 is 0.397 bits per heavy atom. The fourth-order valence-corrected chi connectivity index (χ4v) is 9.63. The van der Waals surface area contributed by atoms with E-state index in [1.54, 1.807) is 0 Å². The van der Waals surface area contributed by atoms with Crippen LogP contribution in [0.4, 0.5) is 0 Å². The summed E-state index contributed by atoms with van der Waals surface area (Å²) in [5.41, 5.74) is 11.5. The van der Waals surface area contributed by atoms with Crippen LogP contribution < -0.4 is 0 Å². The molecule has 0 N–H and O–H groups in total. The Bertz CT molecular complexity index is 3400. The van der Waals surface area contributed by atoms with Crippen LogP contribution in [0.2, 0.25) is 0 Å². The molecule has 0 saturated heterocycles. The number of fused-ring (bicyclic) bond motifs is 9. The number of hydrogen-bond donors (Lipinski definition) is 0. The maximum Gasteiger partial charge on any atom is 0.238 e. The third-order valence-electron chi connectivity index (χ3n) is 12.4. The van der Waals surface area contributed by atoms with Crippen molar-refractivity contribution in [2.45, 2.75) is 19.3 Å². The van der Waals surface area contributed by atoms with Crippen molar-refractivity contribution in [2.24, 2.45) is 0 Å². The van der Waals surface area contributed by atoms with Crippen LogP contribution in [0.3, 0.4) is 0 Å². The summed E-state index contributed by atoms with van der Waals surface area (Å²) in [6.45, 7) is 4.72. The molecule has 0 aliphatic heterocycles. The molecule has 1 aliphatic rings. The predicted molar refractivity (Wildman–Crippen MR) is 241 cm³/mol. The molecule has 2 heterocycles. The molecule has 0 spiro atoms. The van der Waals surface area contributed by atoms with Crippen molar-refractivity contribution in [1.82, 2.24) is 19.5 Å². The van der Waals surface area contributed by atoms with E-state index in [0.717, 1.165) is 54.7 Å². The number of rotatable bonds is 4. The highest BCUT2D eigenvalue weighted by molar-refractivity contribution is 6.17. The molecule has 0 amide bonds. The SMILES string of the molecule is CC1(C)c2ccccc2-c2cccc(-c3cccc4c5cc6ccccc6cc5n(-c5nc(-c6ccc7ccccc7c6)nc(-c6ccc7ccccc7c6)n5)c34)c21. The summed E-state index contributed by atoms with van der Waals surface area (Å²) >= 11 is 0. The molecule has 4 nitrogen and oxygen atoms in total. The Kier molecular flexibility index (Phi) is 6.94. The third-order valence-corrected chi connectivity index (χ3v) is 12.4. The van der Waals surface area contributed by atoms with E-state index >= 15 is 0 Å². The monoisotopic (exact) mass is 740 g/mol. The number of hydrogen-bond acceptors (Lipinski definition) is 3.